The minimum Gasteiger partial charge on any atom is -0.495 e. The normalized spacial score (nSPS) is 18.6. The Morgan fingerprint density at radius 1 is 1.03 bits per heavy atom. The third kappa shape index (κ3) is 4.51. The van der Waals surface area contributed by atoms with E-state index in [1.165, 1.54) is 23.5 Å². The number of sulfonamides is 1. The van der Waals surface area contributed by atoms with Crippen LogP contribution in [0.1, 0.15) is 18.4 Å². The fraction of sp³-hybridized carbons (Fsp3) is 0.409. The van der Waals surface area contributed by atoms with Gasteiger partial charge in [0.25, 0.3) is 0 Å². The zero-order valence-corrected chi connectivity index (χ0v) is 19.0. The number of hydrogen-bond donors (Lipinski definition) is 0. The molecule has 7 nitrogen and oxygen atoms in total. The number of ether oxygens (including phenoxy) is 1. The zero-order chi connectivity index (χ0) is 22.0. The zero-order valence-electron chi connectivity index (χ0n) is 17.4. The Kier molecular flexibility index (Phi) is 6.41. The molecule has 31 heavy (non-hydrogen) atoms. The Labute approximate surface area is 188 Å². The molecule has 0 spiro atoms. The van der Waals surface area contributed by atoms with Crippen LogP contribution >= 0.6 is 11.6 Å². The van der Waals surface area contributed by atoms with Crippen LogP contribution in [-0.4, -0.2) is 67.9 Å². The highest BCUT2D eigenvalue weighted by Crippen LogP contribution is 2.30. The van der Waals surface area contributed by atoms with Crippen molar-refractivity contribution < 1.29 is 17.9 Å². The second-order valence-electron chi connectivity index (χ2n) is 7.81. The van der Waals surface area contributed by atoms with Crippen LogP contribution in [0.3, 0.4) is 0 Å². The van der Waals surface area contributed by atoms with Crippen LogP contribution in [0.2, 0.25) is 5.02 Å². The number of hydrogen-bond acceptors (Lipinski definition) is 4. The van der Waals surface area contributed by atoms with E-state index in [4.69, 9.17) is 16.3 Å². The second kappa shape index (κ2) is 9.06. The lowest BCUT2D eigenvalue weighted by atomic mass is 10.1. The maximum Gasteiger partial charge on any atom is 0.320 e. The number of methoxy groups -OCH3 is 1. The molecule has 2 saturated heterocycles. The Balaban J connectivity index is 1.37. The minimum absolute atomic E-state index is 0.0343. The van der Waals surface area contributed by atoms with Crippen molar-refractivity contribution in [1.82, 2.24) is 14.1 Å². The Morgan fingerprint density at radius 3 is 2.39 bits per heavy atom. The number of carbonyl (C=O) groups is 1. The highest BCUT2D eigenvalue weighted by Gasteiger charge is 2.37. The molecule has 0 radical (unpaired) electrons. The molecule has 0 aliphatic carbocycles. The van der Waals surface area contributed by atoms with Gasteiger partial charge in [0, 0.05) is 38.8 Å². The summed E-state index contributed by atoms with van der Waals surface area (Å²) >= 11 is 6.11. The Bertz CT molecular complexity index is 1040. The standard InChI is InChI=1S/C22H26ClN3O4S/c1-30-21-8-7-19(15-20(21)23)31(28,29)25-11-9-18(10-12-25)26-14-13-24(22(26)27)16-17-5-3-2-4-6-17/h2-8,15,18H,9-14,16H2,1H3. The van der Waals surface area contributed by atoms with E-state index in [1.807, 2.05) is 40.1 Å². The average molecular weight is 464 g/mol. The first-order valence-corrected chi connectivity index (χ1v) is 12.1. The van der Waals surface area contributed by atoms with Crippen molar-refractivity contribution in [3.63, 3.8) is 0 Å². The fourth-order valence-corrected chi connectivity index (χ4v) is 6.06. The van der Waals surface area contributed by atoms with Crippen molar-refractivity contribution in [3.05, 3.63) is 59.1 Å². The quantitative estimate of drug-likeness (QED) is 0.658. The van der Waals surface area contributed by atoms with Gasteiger partial charge >= 0.3 is 6.03 Å². The predicted octanol–water partition coefficient (Wildman–Crippen LogP) is 3.44. The lowest BCUT2D eigenvalue weighted by Crippen LogP contribution is -2.47. The third-order valence-electron chi connectivity index (χ3n) is 5.97. The monoisotopic (exact) mass is 463 g/mol. The summed E-state index contributed by atoms with van der Waals surface area (Å²) in [6.45, 7) is 2.72. The van der Waals surface area contributed by atoms with Crippen molar-refractivity contribution >= 4 is 27.7 Å². The van der Waals surface area contributed by atoms with Crippen molar-refractivity contribution in [2.45, 2.75) is 30.3 Å². The summed E-state index contributed by atoms with van der Waals surface area (Å²) in [5.41, 5.74) is 1.11. The van der Waals surface area contributed by atoms with Crippen LogP contribution in [0.25, 0.3) is 0 Å². The first-order valence-electron chi connectivity index (χ1n) is 10.3. The number of piperidine rings is 1. The number of amides is 2. The number of halogens is 1. The number of rotatable bonds is 6. The molecule has 2 fully saturated rings. The van der Waals surface area contributed by atoms with Gasteiger partial charge in [0.2, 0.25) is 10.0 Å². The molecule has 0 atom stereocenters. The summed E-state index contributed by atoms with van der Waals surface area (Å²) in [5, 5.41) is 0.264. The molecule has 2 aliphatic heterocycles. The third-order valence-corrected chi connectivity index (χ3v) is 8.16. The molecule has 2 heterocycles. The van der Waals surface area contributed by atoms with Gasteiger partial charge < -0.3 is 14.5 Å². The van der Waals surface area contributed by atoms with Gasteiger partial charge in [0.15, 0.2) is 0 Å². The molecule has 2 aromatic rings. The van der Waals surface area contributed by atoms with Crippen molar-refractivity contribution in [2.75, 3.05) is 33.3 Å². The Hall–Kier alpha value is -2.29. The summed E-state index contributed by atoms with van der Waals surface area (Å²) in [6.07, 6.45) is 1.24. The van der Waals surface area contributed by atoms with E-state index in [-0.39, 0.29) is 22.0 Å². The van der Waals surface area contributed by atoms with Gasteiger partial charge in [-0.2, -0.15) is 4.31 Å². The summed E-state index contributed by atoms with van der Waals surface area (Å²) < 4.78 is 32.6. The topological polar surface area (TPSA) is 70.2 Å². The predicted molar refractivity (Wildman–Crippen MR) is 119 cm³/mol. The van der Waals surface area contributed by atoms with Crippen LogP contribution in [-0.2, 0) is 16.6 Å². The number of benzene rings is 2. The SMILES string of the molecule is COc1ccc(S(=O)(=O)N2CCC(N3CCN(Cc4ccccc4)C3=O)CC2)cc1Cl. The van der Waals surface area contributed by atoms with E-state index in [2.05, 4.69) is 0 Å². The lowest BCUT2D eigenvalue weighted by Gasteiger charge is -2.36. The lowest BCUT2D eigenvalue weighted by molar-refractivity contribution is 0.153. The number of nitrogens with zero attached hydrogens (tertiary/aromatic N) is 3. The molecule has 0 N–H and O–H groups in total. The van der Waals surface area contributed by atoms with Crippen LogP contribution in [0, 0.1) is 0 Å². The molecule has 0 bridgehead atoms. The van der Waals surface area contributed by atoms with Gasteiger partial charge in [-0.15, -0.1) is 0 Å². The molecule has 166 valence electrons. The van der Waals surface area contributed by atoms with Gasteiger partial charge in [-0.05, 0) is 36.6 Å². The highest BCUT2D eigenvalue weighted by atomic mass is 35.5. The first-order chi connectivity index (χ1) is 14.9. The summed E-state index contributed by atoms with van der Waals surface area (Å²) in [7, 11) is -2.16. The first kappa shape index (κ1) is 21.9. The van der Waals surface area contributed by atoms with Crippen LogP contribution < -0.4 is 4.74 Å². The number of urea groups is 1. The summed E-state index contributed by atoms with van der Waals surface area (Å²) in [4.78, 5) is 16.8. The second-order valence-corrected chi connectivity index (χ2v) is 10.2. The molecule has 0 saturated carbocycles. The molecule has 2 aliphatic rings. The van der Waals surface area contributed by atoms with Crippen LogP contribution in [0.5, 0.6) is 5.75 Å². The van der Waals surface area contributed by atoms with Gasteiger partial charge in [-0.3, -0.25) is 0 Å². The number of carbonyl (C=O) groups excluding carboxylic acids is 1. The molecule has 9 heteroatoms. The van der Waals surface area contributed by atoms with E-state index in [0.717, 1.165) is 5.56 Å². The highest BCUT2D eigenvalue weighted by molar-refractivity contribution is 7.89. The maximum atomic E-state index is 13.0. The average Bonchev–Trinajstić information content (AvgIpc) is 3.14. The van der Waals surface area contributed by atoms with E-state index in [1.54, 1.807) is 6.07 Å². The van der Waals surface area contributed by atoms with E-state index < -0.39 is 10.0 Å². The van der Waals surface area contributed by atoms with E-state index in [9.17, 15) is 13.2 Å². The molecular formula is C22H26ClN3O4S. The molecule has 0 aromatic heterocycles. The van der Waals surface area contributed by atoms with Gasteiger partial charge in [-0.1, -0.05) is 41.9 Å². The maximum absolute atomic E-state index is 13.0. The summed E-state index contributed by atoms with van der Waals surface area (Å²) in [5.74, 6) is 0.437. The van der Waals surface area contributed by atoms with Crippen LogP contribution in [0.15, 0.2) is 53.4 Å². The summed E-state index contributed by atoms with van der Waals surface area (Å²) in [6, 6.07) is 14.5. The minimum atomic E-state index is -3.64. The molecule has 4 rings (SSSR count). The van der Waals surface area contributed by atoms with Gasteiger partial charge in [0.1, 0.15) is 5.75 Å². The Morgan fingerprint density at radius 2 is 1.74 bits per heavy atom. The molecular weight excluding hydrogens is 438 g/mol. The molecule has 0 unspecified atom stereocenters. The molecule has 2 amide bonds. The van der Waals surface area contributed by atoms with Crippen molar-refractivity contribution in [1.29, 1.82) is 0 Å². The van der Waals surface area contributed by atoms with Gasteiger partial charge in [-0.25, -0.2) is 13.2 Å². The fourth-order valence-electron chi connectivity index (χ4n) is 4.24. The van der Waals surface area contributed by atoms with E-state index in [0.29, 0.717) is 51.3 Å². The van der Waals surface area contributed by atoms with Crippen molar-refractivity contribution in [3.8, 4) is 5.75 Å². The van der Waals surface area contributed by atoms with Crippen molar-refractivity contribution in [2.24, 2.45) is 0 Å². The largest absolute Gasteiger partial charge is 0.495 e. The van der Waals surface area contributed by atoms with Gasteiger partial charge in [0.05, 0.1) is 17.0 Å². The smallest absolute Gasteiger partial charge is 0.320 e. The van der Waals surface area contributed by atoms with Crippen LogP contribution in [0.4, 0.5) is 4.79 Å². The molecule has 2 aromatic carbocycles. The van der Waals surface area contributed by atoms with E-state index >= 15 is 0 Å².